The number of nitrogens with zero attached hydrogens (tertiary/aromatic N) is 2. The van der Waals surface area contributed by atoms with E-state index in [2.05, 4.69) is 0 Å². The van der Waals surface area contributed by atoms with E-state index in [1.165, 1.54) is 11.3 Å². The van der Waals surface area contributed by atoms with Crippen LogP contribution >= 0.6 is 11.3 Å². The number of esters is 1. The molecule has 0 fully saturated rings. The molecule has 8 heteroatoms. The van der Waals surface area contributed by atoms with Gasteiger partial charge >= 0.3 is 5.97 Å². The number of hydrogen-bond donors (Lipinski definition) is 0. The topological polar surface area (TPSA) is 79.1 Å². The second-order valence-electron chi connectivity index (χ2n) is 9.17. The van der Waals surface area contributed by atoms with Crippen molar-refractivity contribution in [2.24, 2.45) is 4.99 Å². The standard InChI is InChI=1S/C31H30N2O5S/c1-4-16-37-25-15-8-7-14-24(25)28-27(30(35)38-18-17-36-3)20(2)32-31-33(28)29(34)26(39-31)19-22-12-9-11-21-10-5-6-13-23(21)22/h5-15,19,28H,4,16-18H2,1-3H3/b26-19+/t28-/m0/s1. The maximum Gasteiger partial charge on any atom is 0.338 e. The Balaban J connectivity index is 1.71. The second kappa shape index (κ2) is 11.8. The molecule has 0 radical (unpaired) electrons. The van der Waals surface area contributed by atoms with Crippen molar-refractivity contribution < 1.29 is 19.0 Å². The van der Waals surface area contributed by atoms with E-state index in [4.69, 9.17) is 19.2 Å². The Bertz CT molecular complexity index is 1730. The number of methoxy groups -OCH3 is 1. The van der Waals surface area contributed by atoms with Gasteiger partial charge in [-0.25, -0.2) is 9.79 Å². The van der Waals surface area contributed by atoms with E-state index in [1.807, 2.05) is 79.7 Å². The van der Waals surface area contributed by atoms with Crippen molar-refractivity contribution in [3.63, 3.8) is 0 Å². The minimum Gasteiger partial charge on any atom is -0.493 e. The molecule has 5 rings (SSSR count). The molecule has 0 unspecified atom stereocenters. The van der Waals surface area contributed by atoms with Gasteiger partial charge in [0, 0.05) is 12.7 Å². The fourth-order valence-corrected chi connectivity index (χ4v) is 5.78. The van der Waals surface area contributed by atoms with Gasteiger partial charge in [0.25, 0.3) is 5.56 Å². The fraction of sp³-hybridized carbons (Fsp3) is 0.258. The largest absolute Gasteiger partial charge is 0.493 e. The van der Waals surface area contributed by atoms with Crippen molar-refractivity contribution in [3.8, 4) is 5.75 Å². The summed E-state index contributed by atoms with van der Waals surface area (Å²) < 4.78 is 18.8. The Kier molecular flexibility index (Phi) is 8.05. The molecule has 0 amide bonds. The number of benzene rings is 3. The van der Waals surface area contributed by atoms with Gasteiger partial charge in [-0.05, 0) is 41.8 Å². The van der Waals surface area contributed by atoms with E-state index in [0.29, 0.717) is 38.5 Å². The second-order valence-corrected chi connectivity index (χ2v) is 10.2. The van der Waals surface area contributed by atoms with Crippen molar-refractivity contribution in [2.45, 2.75) is 26.3 Å². The average molecular weight is 543 g/mol. The van der Waals surface area contributed by atoms with Crippen LogP contribution in [0.1, 0.15) is 37.4 Å². The third kappa shape index (κ3) is 5.30. The number of para-hydroxylation sites is 1. The molecule has 1 atom stereocenters. The maximum atomic E-state index is 14.0. The predicted molar refractivity (Wildman–Crippen MR) is 153 cm³/mol. The number of rotatable bonds is 9. The zero-order chi connectivity index (χ0) is 27.4. The van der Waals surface area contributed by atoms with Crippen LogP contribution in [0, 0.1) is 0 Å². The lowest BCUT2D eigenvalue weighted by Gasteiger charge is -2.26. The number of ether oxygens (including phenoxy) is 3. The number of aromatic nitrogens is 1. The van der Waals surface area contributed by atoms with Crippen LogP contribution in [0.25, 0.3) is 16.8 Å². The van der Waals surface area contributed by atoms with E-state index in [0.717, 1.165) is 22.8 Å². The molecular formula is C31H30N2O5S. The van der Waals surface area contributed by atoms with Gasteiger partial charge in [-0.3, -0.25) is 9.36 Å². The summed E-state index contributed by atoms with van der Waals surface area (Å²) in [6.07, 6.45) is 2.72. The van der Waals surface area contributed by atoms with E-state index in [-0.39, 0.29) is 18.8 Å². The Hall–Kier alpha value is -4.01. The summed E-state index contributed by atoms with van der Waals surface area (Å²) in [5.41, 5.74) is 2.23. The van der Waals surface area contributed by atoms with Gasteiger partial charge in [0.2, 0.25) is 0 Å². The molecule has 0 spiro atoms. The predicted octanol–water partition coefficient (Wildman–Crippen LogP) is 4.37. The zero-order valence-electron chi connectivity index (χ0n) is 22.2. The third-order valence-corrected chi connectivity index (χ3v) is 7.53. The van der Waals surface area contributed by atoms with E-state index in [1.54, 1.807) is 18.6 Å². The summed E-state index contributed by atoms with van der Waals surface area (Å²) in [5.74, 6) is 0.0804. The smallest absolute Gasteiger partial charge is 0.338 e. The molecule has 7 nitrogen and oxygen atoms in total. The molecule has 39 heavy (non-hydrogen) atoms. The molecule has 200 valence electrons. The van der Waals surface area contributed by atoms with E-state index in [9.17, 15) is 9.59 Å². The first kappa shape index (κ1) is 26.6. The summed E-state index contributed by atoms with van der Waals surface area (Å²) in [6, 6.07) is 20.9. The van der Waals surface area contributed by atoms with Gasteiger partial charge in [0.1, 0.15) is 18.4 Å². The van der Waals surface area contributed by atoms with Crippen LogP contribution in [-0.4, -0.2) is 37.5 Å². The van der Waals surface area contributed by atoms with Gasteiger partial charge in [0.05, 0.1) is 29.0 Å². The van der Waals surface area contributed by atoms with Gasteiger partial charge in [0.15, 0.2) is 4.80 Å². The lowest BCUT2D eigenvalue weighted by atomic mass is 9.95. The first-order chi connectivity index (χ1) is 19.0. The molecule has 4 aromatic rings. The summed E-state index contributed by atoms with van der Waals surface area (Å²) in [4.78, 5) is 32.7. The molecule has 0 saturated carbocycles. The van der Waals surface area contributed by atoms with Crippen LogP contribution in [0.4, 0.5) is 0 Å². The van der Waals surface area contributed by atoms with Crippen LogP contribution in [0.2, 0.25) is 0 Å². The van der Waals surface area contributed by atoms with Gasteiger partial charge in [-0.2, -0.15) is 0 Å². The van der Waals surface area contributed by atoms with E-state index < -0.39 is 12.0 Å². The first-order valence-electron chi connectivity index (χ1n) is 12.9. The maximum absolute atomic E-state index is 14.0. The van der Waals surface area contributed by atoms with Crippen LogP contribution in [-0.2, 0) is 14.3 Å². The molecule has 0 saturated heterocycles. The van der Waals surface area contributed by atoms with Gasteiger partial charge < -0.3 is 14.2 Å². The lowest BCUT2D eigenvalue weighted by Crippen LogP contribution is -2.40. The van der Waals surface area contributed by atoms with Crippen molar-refractivity contribution in [2.75, 3.05) is 26.9 Å². The molecule has 3 aromatic carbocycles. The summed E-state index contributed by atoms with van der Waals surface area (Å²) in [6.45, 7) is 4.68. The minimum atomic E-state index is -0.751. The molecular weight excluding hydrogens is 512 g/mol. The molecule has 0 bridgehead atoms. The lowest BCUT2D eigenvalue weighted by molar-refractivity contribution is -0.140. The van der Waals surface area contributed by atoms with Crippen molar-refractivity contribution in [1.29, 1.82) is 0 Å². The molecule has 0 N–H and O–H groups in total. The number of carbonyl (C=O) groups excluding carboxylic acids is 1. The Labute approximate surface area is 230 Å². The number of thiazole rings is 1. The van der Waals surface area contributed by atoms with E-state index >= 15 is 0 Å². The molecule has 1 aromatic heterocycles. The zero-order valence-corrected chi connectivity index (χ0v) is 23.0. The Morgan fingerprint density at radius 3 is 2.62 bits per heavy atom. The van der Waals surface area contributed by atoms with Crippen molar-refractivity contribution >= 4 is 34.2 Å². The summed E-state index contributed by atoms with van der Waals surface area (Å²) in [7, 11) is 1.55. The molecule has 1 aliphatic rings. The Morgan fingerprint density at radius 2 is 1.79 bits per heavy atom. The van der Waals surface area contributed by atoms with Gasteiger partial charge in [-0.15, -0.1) is 0 Å². The monoisotopic (exact) mass is 542 g/mol. The third-order valence-electron chi connectivity index (χ3n) is 6.55. The molecule has 0 aliphatic carbocycles. The number of fused-ring (bicyclic) bond motifs is 2. The first-order valence-corrected chi connectivity index (χ1v) is 13.7. The highest BCUT2D eigenvalue weighted by Gasteiger charge is 2.35. The molecule has 1 aliphatic heterocycles. The van der Waals surface area contributed by atoms with Gasteiger partial charge in [-0.1, -0.05) is 78.9 Å². The normalized spacial score (nSPS) is 15.3. The van der Waals surface area contributed by atoms with Crippen molar-refractivity contribution in [1.82, 2.24) is 4.57 Å². The van der Waals surface area contributed by atoms with Crippen LogP contribution in [0.3, 0.4) is 0 Å². The van der Waals surface area contributed by atoms with Crippen molar-refractivity contribution in [3.05, 3.63) is 109 Å². The van der Waals surface area contributed by atoms with Crippen LogP contribution in [0.5, 0.6) is 5.75 Å². The highest BCUT2D eigenvalue weighted by molar-refractivity contribution is 7.07. The quantitative estimate of drug-likeness (QED) is 0.232. The minimum absolute atomic E-state index is 0.0956. The van der Waals surface area contributed by atoms with Crippen LogP contribution in [0.15, 0.2) is 87.8 Å². The highest BCUT2D eigenvalue weighted by atomic mass is 32.1. The number of allylic oxidation sites excluding steroid dienone is 1. The number of hydrogen-bond acceptors (Lipinski definition) is 7. The highest BCUT2D eigenvalue weighted by Crippen LogP contribution is 2.36. The fourth-order valence-electron chi connectivity index (χ4n) is 4.74. The average Bonchev–Trinajstić information content (AvgIpc) is 3.25. The Morgan fingerprint density at radius 1 is 1.03 bits per heavy atom. The molecule has 2 heterocycles. The number of carbonyl (C=O) groups is 1. The van der Waals surface area contributed by atoms with Crippen LogP contribution < -0.4 is 19.6 Å². The summed E-state index contributed by atoms with van der Waals surface area (Å²) in [5, 5.41) is 2.15. The SMILES string of the molecule is CCCOc1ccccc1[C@H]1C(C(=O)OCCOC)=C(C)N=c2s/c(=C/c3cccc4ccccc34)c(=O)n21. The summed E-state index contributed by atoms with van der Waals surface area (Å²) >= 11 is 1.31.